The Morgan fingerprint density at radius 1 is 0.843 bits per heavy atom. The summed E-state index contributed by atoms with van der Waals surface area (Å²) in [6, 6.07) is 0. The molecule has 6 unspecified atom stereocenters. The third-order valence-corrected chi connectivity index (χ3v) is 9.75. The van der Waals surface area contributed by atoms with Gasteiger partial charge in [0, 0.05) is 51.3 Å². The standard InChI is InChI=1S/C14H23N5O5P2.C13H21N5O5P2/c1-4-22-9-7(5-20)23-13(10(9)24-26-25)19-6-15-8-11(19)16-14(18(2)3)17-12(8)21;1-3-21-8-6(4-19)22-12(9(8)23-25-24)18-5-15-7-10(18)16-13(14-2)17-11(7)20/h6-7,9-10,13,20,26H,4-5,25H2,1-3H3,(H,16,17,21);5-6,8-9,12,19,25H,3-4,24H2,1-2H3,(H2,14,16,17,20)/t7-,9+,10?,13-;6-,8+,9?,12-/m11/s1. The van der Waals surface area contributed by atoms with Crippen molar-refractivity contribution in [3.05, 3.63) is 33.4 Å². The first kappa shape index (κ1) is 39.9. The van der Waals surface area contributed by atoms with Gasteiger partial charge in [-0.05, 0) is 13.8 Å². The minimum Gasteiger partial charge on any atom is -0.394 e. The summed E-state index contributed by atoms with van der Waals surface area (Å²) >= 11 is 0. The Hall–Kier alpha value is -2.30. The van der Waals surface area contributed by atoms with Crippen LogP contribution in [0.4, 0.5) is 11.9 Å². The Kier molecular flexibility index (Phi) is 14.2. The highest BCUT2D eigenvalue weighted by Crippen LogP contribution is 2.41. The van der Waals surface area contributed by atoms with Crippen LogP contribution in [0.2, 0.25) is 0 Å². The van der Waals surface area contributed by atoms with Crippen LogP contribution >= 0.6 is 34.8 Å². The van der Waals surface area contributed by atoms with Crippen LogP contribution in [0.25, 0.3) is 22.3 Å². The molecule has 4 aromatic heterocycles. The van der Waals surface area contributed by atoms with Crippen LogP contribution in [0.3, 0.4) is 0 Å². The molecule has 6 rings (SSSR count). The van der Waals surface area contributed by atoms with Gasteiger partial charge in [0.25, 0.3) is 11.1 Å². The van der Waals surface area contributed by atoms with E-state index in [1.54, 1.807) is 35.2 Å². The Balaban J connectivity index is 0.000000198. The molecule has 6 heterocycles. The first-order valence-electron chi connectivity index (χ1n) is 15.9. The number of nitrogens with zero attached hydrogens (tertiary/aromatic N) is 7. The number of hydrogen-bond acceptors (Lipinski definition) is 16. The normalized spacial score (nSPS) is 26.6. The van der Waals surface area contributed by atoms with Crippen molar-refractivity contribution < 1.29 is 38.2 Å². The average molecular weight is 793 g/mol. The molecule has 4 aromatic rings. The molecule has 0 bridgehead atoms. The van der Waals surface area contributed by atoms with Gasteiger partial charge in [0.2, 0.25) is 11.9 Å². The maximum atomic E-state index is 12.3. The number of fused-ring (bicyclic) bond motifs is 2. The molecule has 282 valence electrons. The second-order valence-corrected chi connectivity index (χ2v) is 13.7. The number of ether oxygens (including phenoxy) is 4. The summed E-state index contributed by atoms with van der Waals surface area (Å²) in [4.78, 5) is 48.6. The predicted molar refractivity (Wildman–Crippen MR) is 199 cm³/mol. The van der Waals surface area contributed by atoms with E-state index in [0.29, 0.717) is 36.4 Å². The van der Waals surface area contributed by atoms with Gasteiger partial charge in [-0.15, -0.1) is 0 Å². The second kappa shape index (κ2) is 18.2. The monoisotopic (exact) mass is 792 g/mol. The summed E-state index contributed by atoms with van der Waals surface area (Å²) in [5.74, 6) is 0.732. The van der Waals surface area contributed by atoms with Crippen molar-refractivity contribution in [3.8, 4) is 0 Å². The van der Waals surface area contributed by atoms with Gasteiger partial charge in [0.05, 0.1) is 25.9 Å². The molecule has 0 saturated carbocycles. The van der Waals surface area contributed by atoms with Crippen LogP contribution in [-0.2, 0) is 28.0 Å². The zero-order chi connectivity index (χ0) is 36.8. The summed E-state index contributed by atoms with van der Waals surface area (Å²) < 4.78 is 38.4. The fourth-order valence-electron chi connectivity index (χ4n) is 5.90. The summed E-state index contributed by atoms with van der Waals surface area (Å²) in [5.41, 5.74) is 0.490. The molecule has 0 spiro atoms. The topological polar surface area (TPSA) is 238 Å². The van der Waals surface area contributed by atoms with Crippen molar-refractivity contribution in [1.82, 2.24) is 39.0 Å². The second-order valence-electron chi connectivity index (χ2n) is 11.3. The van der Waals surface area contributed by atoms with E-state index in [1.165, 1.54) is 12.7 Å². The lowest BCUT2D eigenvalue weighted by Crippen LogP contribution is -2.36. The van der Waals surface area contributed by atoms with E-state index in [9.17, 15) is 19.8 Å². The quantitative estimate of drug-likeness (QED) is 0.109. The van der Waals surface area contributed by atoms with Crippen LogP contribution in [0, 0.1) is 0 Å². The average Bonchev–Trinajstić information content (AvgIpc) is 3.90. The molecule has 2 fully saturated rings. The number of imidazole rings is 2. The predicted octanol–water partition coefficient (Wildman–Crippen LogP) is 0.474. The SMILES string of the molecule is CCO[C@@H]1C(OPP)[C@H](n2cnc3c(=O)[nH]c(N(C)C)nc32)O[C@@H]1CO.CCO[C@@H]1C(OPP)[C@H](n2cnc3c(=O)[nH]c(NC)nc32)O[C@@H]1CO. The van der Waals surface area contributed by atoms with E-state index in [-0.39, 0.29) is 52.4 Å². The lowest BCUT2D eigenvalue weighted by molar-refractivity contribution is -0.0584. The number of aliphatic hydroxyl groups is 2. The lowest BCUT2D eigenvalue weighted by Gasteiger charge is -2.23. The summed E-state index contributed by atoms with van der Waals surface area (Å²) in [6.45, 7) is 4.26. The van der Waals surface area contributed by atoms with Crippen LogP contribution < -0.4 is 21.3 Å². The first-order chi connectivity index (χ1) is 24.6. The van der Waals surface area contributed by atoms with Crippen LogP contribution in [0.15, 0.2) is 22.2 Å². The highest BCUT2D eigenvalue weighted by molar-refractivity contribution is 8.00. The van der Waals surface area contributed by atoms with Crippen LogP contribution in [0.1, 0.15) is 26.3 Å². The molecule has 2 saturated heterocycles. The van der Waals surface area contributed by atoms with Gasteiger partial charge >= 0.3 is 0 Å². The minimum atomic E-state index is -0.620. The number of anilines is 2. The van der Waals surface area contributed by atoms with Gasteiger partial charge < -0.3 is 48.4 Å². The van der Waals surface area contributed by atoms with Gasteiger partial charge in [-0.2, -0.15) is 9.97 Å². The molecule has 2 aliphatic heterocycles. The summed E-state index contributed by atoms with van der Waals surface area (Å²) in [6.07, 6.45) is -1.14. The van der Waals surface area contributed by atoms with E-state index >= 15 is 0 Å². The van der Waals surface area contributed by atoms with Gasteiger partial charge in [-0.25, -0.2) is 9.97 Å². The van der Waals surface area contributed by atoms with Crippen molar-refractivity contribution >= 4 is 69.1 Å². The molecule has 0 amide bonds. The maximum absolute atomic E-state index is 12.3. The Morgan fingerprint density at radius 2 is 1.31 bits per heavy atom. The lowest BCUT2D eigenvalue weighted by atomic mass is 10.1. The molecule has 0 aliphatic carbocycles. The van der Waals surface area contributed by atoms with Crippen molar-refractivity contribution in [2.75, 3.05) is 57.8 Å². The molecule has 0 aromatic carbocycles. The molecule has 51 heavy (non-hydrogen) atoms. The van der Waals surface area contributed by atoms with Crippen molar-refractivity contribution in [2.24, 2.45) is 0 Å². The molecule has 24 heteroatoms. The molecular weight excluding hydrogens is 748 g/mol. The van der Waals surface area contributed by atoms with E-state index in [2.05, 4.69) is 53.1 Å². The molecular formula is C27H44N10O10P4. The number of aliphatic hydroxyl groups excluding tert-OH is 2. The number of aromatic nitrogens is 8. The van der Waals surface area contributed by atoms with Crippen molar-refractivity contribution in [3.63, 3.8) is 0 Å². The number of hydrogen-bond donors (Lipinski definition) is 5. The Morgan fingerprint density at radius 3 is 1.73 bits per heavy atom. The van der Waals surface area contributed by atoms with Gasteiger partial charge in [0.1, 0.15) is 36.6 Å². The summed E-state index contributed by atoms with van der Waals surface area (Å²) in [5, 5.41) is 22.1. The smallest absolute Gasteiger partial charge is 0.280 e. The zero-order valence-electron chi connectivity index (χ0n) is 28.5. The largest absolute Gasteiger partial charge is 0.394 e. The highest BCUT2D eigenvalue weighted by atomic mass is 32.0. The Bertz CT molecular complexity index is 1860. The third kappa shape index (κ3) is 8.28. The molecule has 12 atom stereocenters. The maximum Gasteiger partial charge on any atom is 0.280 e. The molecule has 20 nitrogen and oxygen atoms in total. The highest BCUT2D eigenvalue weighted by Gasteiger charge is 2.48. The van der Waals surface area contributed by atoms with E-state index in [1.807, 2.05) is 13.8 Å². The van der Waals surface area contributed by atoms with Crippen molar-refractivity contribution in [2.45, 2.75) is 62.9 Å². The van der Waals surface area contributed by atoms with E-state index < -0.39 is 49.1 Å². The minimum absolute atomic E-state index is 0.127. The van der Waals surface area contributed by atoms with Gasteiger partial charge in [-0.3, -0.25) is 28.7 Å². The van der Waals surface area contributed by atoms with E-state index in [0.717, 1.165) is 0 Å². The van der Waals surface area contributed by atoms with Crippen LogP contribution in [0.5, 0.6) is 0 Å². The fourth-order valence-corrected chi connectivity index (χ4v) is 7.66. The zero-order valence-corrected chi connectivity index (χ0v) is 32.9. The molecule has 5 N–H and O–H groups in total. The Labute approximate surface area is 300 Å². The van der Waals surface area contributed by atoms with Crippen molar-refractivity contribution in [1.29, 1.82) is 0 Å². The first-order valence-corrected chi connectivity index (χ1v) is 21.4. The number of aromatic amines is 2. The van der Waals surface area contributed by atoms with E-state index in [4.69, 9.17) is 28.0 Å². The third-order valence-electron chi connectivity index (χ3n) is 8.12. The van der Waals surface area contributed by atoms with Gasteiger partial charge in [-0.1, -0.05) is 17.9 Å². The molecule has 0 radical (unpaired) electrons. The van der Waals surface area contributed by atoms with Crippen LogP contribution in [-0.4, -0.2) is 133 Å². The number of H-pyrrole nitrogens is 2. The summed E-state index contributed by atoms with van der Waals surface area (Å²) in [7, 11) is 10.5. The molecule has 2 aliphatic rings. The fraction of sp³-hybridized carbons (Fsp3) is 0.630. The van der Waals surface area contributed by atoms with Gasteiger partial charge in [0.15, 0.2) is 34.8 Å². The number of nitrogens with one attached hydrogen (secondary N) is 3. The number of rotatable bonds is 14.